The van der Waals surface area contributed by atoms with Gasteiger partial charge >= 0.3 is 12.1 Å². The summed E-state index contributed by atoms with van der Waals surface area (Å²) in [5.41, 5.74) is 1.77. The molecule has 6 nitrogen and oxygen atoms in total. The summed E-state index contributed by atoms with van der Waals surface area (Å²) in [5.74, 6) is -1.25. The number of hydrogen-bond donors (Lipinski definition) is 3. The van der Waals surface area contributed by atoms with Crippen molar-refractivity contribution in [1.29, 1.82) is 0 Å². The highest BCUT2D eigenvalue weighted by atomic mass is 16.6. The van der Waals surface area contributed by atoms with E-state index in [1.807, 2.05) is 26.0 Å². The van der Waals surface area contributed by atoms with Crippen molar-refractivity contribution in [1.82, 2.24) is 0 Å². The Morgan fingerprint density at radius 1 is 1.09 bits per heavy atom. The van der Waals surface area contributed by atoms with Crippen LogP contribution in [0.3, 0.4) is 0 Å². The lowest BCUT2D eigenvalue weighted by molar-refractivity contribution is 0.0693. The number of rotatable bonds is 3. The van der Waals surface area contributed by atoms with Gasteiger partial charge in [0.1, 0.15) is 17.1 Å². The van der Waals surface area contributed by atoms with Crippen LogP contribution in [0.15, 0.2) is 36.4 Å². The van der Waals surface area contributed by atoms with Gasteiger partial charge in [-0.3, -0.25) is 5.32 Å². The fourth-order valence-electron chi connectivity index (χ4n) is 1.94. The topological polar surface area (TPSA) is 95.9 Å². The van der Waals surface area contributed by atoms with Crippen LogP contribution in [0.4, 0.5) is 10.5 Å². The summed E-state index contributed by atoms with van der Waals surface area (Å²) in [5, 5.41) is 20.7. The number of carbonyl (C=O) groups is 2. The van der Waals surface area contributed by atoms with Gasteiger partial charge in [0.25, 0.3) is 0 Å². The Morgan fingerprint density at radius 2 is 1.82 bits per heavy atom. The third-order valence-corrected chi connectivity index (χ3v) is 3.01. The van der Waals surface area contributed by atoms with E-state index in [9.17, 15) is 14.7 Å². The van der Waals surface area contributed by atoms with Gasteiger partial charge in [0.15, 0.2) is 0 Å². The second-order valence-electron chi connectivity index (χ2n) is 4.82. The van der Waals surface area contributed by atoms with E-state index in [2.05, 4.69) is 5.32 Å². The summed E-state index contributed by atoms with van der Waals surface area (Å²) in [6.07, 6.45) is -0.742. The monoisotopic (exact) mass is 301 g/mol. The van der Waals surface area contributed by atoms with E-state index < -0.39 is 12.1 Å². The van der Waals surface area contributed by atoms with Crippen LogP contribution in [0.5, 0.6) is 11.5 Å². The van der Waals surface area contributed by atoms with Crippen molar-refractivity contribution in [3.63, 3.8) is 0 Å². The zero-order valence-electron chi connectivity index (χ0n) is 12.1. The molecular formula is C16H15NO5. The van der Waals surface area contributed by atoms with Crippen molar-refractivity contribution >= 4 is 17.7 Å². The Balaban J connectivity index is 2.12. The van der Waals surface area contributed by atoms with E-state index in [-0.39, 0.29) is 17.0 Å². The van der Waals surface area contributed by atoms with Gasteiger partial charge in [0.2, 0.25) is 0 Å². The van der Waals surface area contributed by atoms with Crippen molar-refractivity contribution in [2.24, 2.45) is 0 Å². The van der Waals surface area contributed by atoms with Crippen LogP contribution in [0.1, 0.15) is 21.5 Å². The van der Waals surface area contributed by atoms with Crippen molar-refractivity contribution < 1.29 is 24.5 Å². The molecule has 114 valence electrons. The summed E-state index contributed by atoms with van der Waals surface area (Å²) in [4.78, 5) is 22.8. The van der Waals surface area contributed by atoms with E-state index in [1.165, 1.54) is 12.1 Å². The van der Waals surface area contributed by atoms with E-state index >= 15 is 0 Å². The van der Waals surface area contributed by atoms with Crippen molar-refractivity contribution in [2.45, 2.75) is 13.8 Å². The standard InChI is InChI=1S/C16H15NO5/c1-9-3-6-14(10(2)7-9)22-16(21)17-11-4-5-13(18)12(8-11)15(19)20/h3-8,18H,1-2H3,(H,17,21)(H,19,20). The Bertz CT molecular complexity index is 739. The quantitative estimate of drug-likeness (QED) is 0.756. The molecule has 2 aromatic rings. The van der Waals surface area contributed by atoms with Crippen LogP contribution in [-0.4, -0.2) is 22.3 Å². The van der Waals surface area contributed by atoms with Crippen LogP contribution in [0.25, 0.3) is 0 Å². The number of phenols is 1. The average Bonchev–Trinajstić information content (AvgIpc) is 2.44. The fraction of sp³-hybridized carbons (Fsp3) is 0.125. The highest BCUT2D eigenvalue weighted by Gasteiger charge is 2.13. The molecule has 0 aliphatic rings. The maximum atomic E-state index is 11.8. The number of amides is 1. The highest BCUT2D eigenvalue weighted by molar-refractivity contribution is 5.94. The van der Waals surface area contributed by atoms with Gasteiger partial charge in [-0.05, 0) is 43.7 Å². The summed E-state index contributed by atoms with van der Waals surface area (Å²) in [7, 11) is 0. The number of ether oxygens (including phenoxy) is 1. The van der Waals surface area contributed by atoms with E-state index in [0.717, 1.165) is 17.2 Å². The summed E-state index contributed by atoms with van der Waals surface area (Å²) >= 11 is 0. The summed E-state index contributed by atoms with van der Waals surface area (Å²) in [6.45, 7) is 3.75. The maximum Gasteiger partial charge on any atom is 0.417 e. The number of carboxylic acids is 1. The molecule has 0 atom stereocenters. The molecule has 0 fully saturated rings. The molecule has 2 aromatic carbocycles. The van der Waals surface area contributed by atoms with Gasteiger partial charge in [-0.15, -0.1) is 0 Å². The van der Waals surface area contributed by atoms with Gasteiger partial charge in [0, 0.05) is 5.69 Å². The largest absolute Gasteiger partial charge is 0.507 e. The normalized spacial score (nSPS) is 10.1. The van der Waals surface area contributed by atoms with Gasteiger partial charge in [0.05, 0.1) is 0 Å². The molecule has 1 amide bonds. The number of aromatic hydroxyl groups is 1. The maximum absolute atomic E-state index is 11.8. The minimum absolute atomic E-state index is 0.213. The van der Waals surface area contributed by atoms with Crippen molar-refractivity contribution in [3.05, 3.63) is 53.1 Å². The molecular weight excluding hydrogens is 286 g/mol. The average molecular weight is 301 g/mol. The number of benzene rings is 2. The number of aryl methyl sites for hydroxylation is 2. The first-order chi connectivity index (χ1) is 10.4. The van der Waals surface area contributed by atoms with Gasteiger partial charge in [-0.25, -0.2) is 9.59 Å². The van der Waals surface area contributed by atoms with Crippen molar-refractivity contribution in [3.8, 4) is 11.5 Å². The molecule has 0 radical (unpaired) electrons. The van der Waals surface area contributed by atoms with Crippen LogP contribution < -0.4 is 10.1 Å². The molecule has 22 heavy (non-hydrogen) atoms. The molecule has 0 heterocycles. The van der Waals surface area contributed by atoms with Gasteiger partial charge < -0.3 is 14.9 Å². The number of carboxylic acid groups (broad SMARTS) is 1. The lowest BCUT2D eigenvalue weighted by Crippen LogP contribution is -2.17. The zero-order valence-corrected chi connectivity index (χ0v) is 12.1. The van der Waals surface area contributed by atoms with Crippen LogP contribution >= 0.6 is 0 Å². The molecule has 0 spiro atoms. The lowest BCUT2D eigenvalue weighted by Gasteiger charge is -2.10. The minimum atomic E-state index is -1.29. The predicted octanol–water partition coefficient (Wildman–Crippen LogP) is 3.32. The number of hydrogen-bond acceptors (Lipinski definition) is 4. The van der Waals surface area contributed by atoms with E-state index in [4.69, 9.17) is 9.84 Å². The number of anilines is 1. The Hall–Kier alpha value is -3.02. The number of aromatic carboxylic acids is 1. The molecule has 0 saturated carbocycles. The molecule has 0 unspecified atom stereocenters. The smallest absolute Gasteiger partial charge is 0.417 e. The molecule has 2 rings (SSSR count). The molecule has 6 heteroatoms. The molecule has 0 aliphatic carbocycles. The zero-order chi connectivity index (χ0) is 16.3. The summed E-state index contributed by atoms with van der Waals surface area (Å²) < 4.78 is 5.17. The molecule has 0 bridgehead atoms. The Labute approximate surface area is 127 Å². The van der Waals surface area contributed by atoms with Crippen LogP contribution in [0.2, 0.25) is 0 Å². The van der Waals surface area contributed by atoms with Crippen LogP contribution in [-0.2, 0) is 0 Å². The lowest BCUT2D eigenvalue weighted by atomic mass is 10.1. The SMILES string of the molecule is Cc1ccc(OC(=O)Nc2ccc(O)c(C(=O)O)c2)c(C)c1. The minimum Gasteiger partial charge on any atom is -0.507 e. The van der Waals surface area contributed by atoms with E-state index in [0.29, 0.717) is 5.75 Å². The van der Waals surface area contributed by atoms with Crippen molar-refractivity contribution in [2.75, 3.05) is 5.32 Å². The number of carbonyl (C=O) groups excluding carboxylic acids is 1. The first kappa shape index (κ1) is 15.4. The molecule has 0 aliphatic heterocycles. The second kappa shape index (κ2) is 6.17. The second-order valence-corrected chi connectivity index (χ2v) is 4.82. The first-order valence-electron chi connectivity index (χ1n) is 6.49. The summed E-state index contributed by atoms with van der Waals surface area (Å²) in [6, 6.07) is 9.11. The van der Waals surface area contributed by atoms with Gasteiger partial charge in [-0.2, -0.15) is 0 Å². The predicted molar refractivity (Wildman–Crippen MR) is 80.6 cm³/mol. The van der Waals surface area contributed by atoms with E-state index in [1.54, 1.807) is 6.07 Å². The molecule has 3 N–H and O–H groups in total. The highest BCUT2D eigenvalue weighted by Crippen LogP contribution is 2.23. The Kier molecular flexibility index (Phi) is 4.31. The van der Waals surface area contributed by atoms with Gasteiger partial charge in [-0.1, -0.05) is 17.7 Å². The number of nitrogens with one attached hydrogen (secondary N) is 1. The Morgan fingerprint density at radius 3 is 2.45 bits per heavy atom. The third-order valence-electron chi connectivity index (χ3n) is 3.01. The first-order valence-corrected chi connectivity index (χ1v) is 6.49. The van der Waals surface area contributed by atoms with Crippen LogP contribution in [0, 0.1) is 13.8 Å². The fourth-order valence-corrected chi connectivity index (χ4v) is 1.94. The molecule has 0 aromatic heterocycles. The molecule has 0 saturated heterocycles. The third kappa shape index (κ3) is 3.54.